The first-order chi connectivity index (χ1) is 9.70. The van der Waals surface area contributed by atoms with Crippen molar-refractivity contribution in [3.63, 3.8) is 0 Å². The summed E-state index contributed by atoms with van der Waals surface area (Å²) in [5.74, 6) is -0.0850. The summed E-state index contributed by atoms with van der Waals surface area (Å²) in [6.45, 7) is 0.422. The van der Waals surface area contributed by atoms with Crippen LogP contribution in [0, 0.1) is 11.6 Å². The van der Waals surface area contributed by atoms with Gasteiger partial charge >= 0.3 is 0 Å². The molecule has 2 aromatic rings. The van der Waals surface area contributed by atoms with Crippen molar-refractivity contribution < 1.29 is 13.5 Å². The Kier molecular flexibility index (Phi) is 5.07. The van der Waals surface area contributed by atoms with Crippen LogP contribution in [0.5, 0.6) is 5.75 Å². The predicted molar refractivity (Wildman–Crippen MR) is 74.7 cm³/mol. The fraction of sp³-hybridized carbons (Fsp3) is 0.250. The third-order valence-electron chi connectivity index (χ3n) is 3.10. The van der Waals surface area contributed by atoms with Crippen LogP contribution in [-0.4, -0.2) is 13.7 Å². The first-order valence-electron chi connectivity index (χ1n) is 6.51. The Morgan fingerprint density at radius 2 is 1.85 bits per heavy atom. The van der Waals surface area contributed by atoms with Crippen molar-refractivity contribution in [3.8, 4) is 5.75 Å². The molecule has 2 nitrogen and oxygen atoms in total. The van der Waals surface area contributed by atoms with Crippen LogP contribution in [0.3, 0.4) is 0 Å². The average molecular weight is 277 g/mol. The predicted octanol–water partition coefficient (Wildman–Crippen LogP) is 3.69. The second-order valence-corrected chi connectivity index (χ2v) is 4.46. The van der Waals surface area contributed by atoms with E-state index in [-0.39, 0.29) is 6.04 Å². The molecule has 4 heteroatoms. The average Bonchev–Trinajstić information content (AvgIpc) is 2.48. The molecule has 1 N–H and O–H groups in total. The van der Waals surface area contributed by atoms with Crippen LogP contribution >= 0.6 is 0 Å². The zero-order valence-electron chi connectivity index (χ0n) is 11.3. The quantitative estimate of drug-likeness (QED) is 0.869. The molecule has 1 unspecified atom stereocenters. The molecule has 2 rings (SSSR count). The molecule has 1 atom stereocenters. The number of hydrogen-bond donors (Lipinski definition) is 1. The minimum atomic E-state index is -0.439. The van der Waals surface area contributed by atoms with Gasteiger partial charge in [-0.15, -0.1) is 0 Å². The maximum atomic E-state index is 13.7. The van der Waals surface area contributed by atoms with Crippen LogP contribution < -0.4 is 10.1 Å². The van der Waals surface area contributed by atoms with E-state index in [2.05, 4.69) is 5.32 Å². The molecule has 2 aromatic carbocycles. The standard InChI is InChI=1S/C16H17F2NO/c1-19-16(14-11-12(17)7-8-15(14)18)9-10-20-13-5-3-2-4-6-13/h2-8,11,16,19H,9-10H2,1H3. The fourth-order valence-corrected chi connectivity index (χ4v) is 2.05. The van der Waals surface area contributed by atoms with Crippen molar-refractivity contribution in [2.45, 2.75) is 12.5 Å². The van der Waals surface area contributed by atoms with Gasteiger partial charge in [0.15, 0.2) is 0 Å². The smallest absolute Gasteiger partial charge is 0.128 e. The Morgan fingerprint density at radius 1 is 1.10 bits per heavy atom. The van der Waals surface area contributed by atoms with Gasteiger partial charge in [-0.25, -0.2) is 8.78 Å². The molecule has 0 amide bonds. The maximum absolute atomic E-state index is 13.7. The van der Waals surface area contributed by atoms with E-state index < -0.39 is 11.6 Å². The van der Waals surface area contributed by atoms with Crippen molar-refractivity contribution in [1.82, 2.24) is 5.32 Å². The van der Waals surface area contributed by atoms with Gasteiger partial charge in [0.25, 0.3) is 0 Å². The molecule has 0 spiro atoms. The summed E-state index contributed by atoms with van der Waals surface area (Å²) in [4.78, 5) is 0. The Balaban J connectivity index is 1.97. The molecule has 0 aliphatic rings. The Hall–Kier alpha value is -1.94. The summed E-state index contributed by atoms with van der Waals surface area (Å²) >= 11 is 0. The van der Waals surface area contributed by atoms with Crippen molar-refractivity contribution in [2.24, 2.45) is 0 Å². The third kappa shape index (κ3) is 3.78. The Morgan fingerprint density at radius 3 is 2.55 bits per heavy atom. The number of nitrogens with one attached hydrogen (secondary N) is 1. The number of rotatable bonds is 6. The summed E-state index contributed by atoms with van der Waals surface area (Å²) < 4.78 is 32.5. The minimum Gasteiger partial charge on any atom is -0.494 e. The maximum Gasteiger partial charge on any atom is 0.128 e. The summed E-state index contributed by atoms with van der Waals surface area (Å²) in [6, 6.07) is 12.6. The zero-order valence-corrected chi connectivity index (χ0v) is 11.3. The molecule has 0 saturated carbocycles. The monoisotopic (exact) mass is 277 g/mol. The van der Waals surface area contributed by atoms with Crippen LogP contribution in [-0.2, 0) is 0 Å². The molecule has 0 heterocycles. The van der Waals surface area contributed by atoms with Crippen molar-refractivity contribution in [3.05, 3.63) is 65.7 Å². The number of para-hydroxylation sites is 1. The van der Waals surface area contributed by atoms with E-state index >= 15 is 0 Å². The highest BCUT2D eigenvalue weighted by molar-refractivity contribution is 5.23. The second kappa shape index (κ2) is 7.01. The molecule has 0 bridgehead atoms. The number of ether oxygens (including phenoxy) is 1. The summed E-state index contributed by atoms with van der Waals surface area (Å²) in [5, 5.41) is 2.99. The van der Waals surface area contributed by atoms with Crippen molar-refractivity contribution in [2.75, 3.05) is 13.7 Å². The molecule has 0 aliphatic carbocycles. The van der Waals surface area contributed by atoms with Gasteiger partial charge < -0.3 is 10.1 Å². The first kappa shape index (κ1) is 14.5. The lowest BCUT2D eigenvalue weighted by atomic mass is 10.0. The first-order valence-corrected chi connectivity index (χ1v) is 6.51. The molecule has 0 saturated heterocycles. The summed E-state index contributed by atoms with van der Waals surface area (Å²) in [7, 11) is 1.72. The van der Waals surface area contributed by atoms with Gasteiger partial charge in [-0.2, -0.15) is 0 Å². The third-order valence-corrected chi connectivity index (χ3v) is 3.10. The van der Waals surface area contributed by atoms with Crippen LogP contribution in [0.15, 0.2) is 48.5 Å². The molecular weight excluding hydrogens is 260 g/mol. The van der Waals surface area contributed by atoms with Gasteiger partial charge in [0.1, 0.15) is 17.4 Å². The topological polar surface area (TPSA) is 21.3 Å². The highest BCUT2D eigenvalue weighted by Gasteiger charge is 2.15. The van der Waals surface area contributed by atoms with Crippen molar-refractivity contribution >= 4 is 0 Å². The lowest BCUT2D eigenvalue weighted by Gasteiger charge is -2.17. The largest absolute Gasteiger partial charge is 0.494 e. The van der Waals surface area contributed by atoms with Crippen LogP contribution in [0.2, 0.25) is 0 Å². The van der Waals surface area contributed by atoms with Gasteiger partial charge in [-0.05, 0) is 37.4 Å². The van der Waals surface area contributed by atoms with Crippen molar-refractivity contribution in [1.29, 1.82) is 0 Å². The van der Waals surface area contributed by atoms with E-state index in [1.165, 1.54) is 6.07 Å². The van der Waals surface area contributed by atoms with E-state index in [4.69, 9.17) is 4.74 Å². The molecule has 0 radical (unpaired) electrons. The van der Waals surface area contributed by atoms with E-state index in [9.17, 15) is 8.78 Å². The molecule has 20 heavy (non-hydrogen) atoms. The molecule has 0 fully saturated rings. The lowest BCUT2D eigenvalue weighted by Crippen LogP contribution is -2.20. The summed E-state index contributed by atoms with van der Waals surface area (Å²) in [5.41, 5.74) is 0.323. The number of benzene rings is 2. The normalized spacial score (nSPS) is 12.2. The highest BCUT2D eigenvalue weighted by atomic mass is 19.1. The van der Waals surface area contributed by atoms with Crippen LogP contribution in [0.1, 0.15) is 18.0 Å². The van der Waals surface area contributed by atoms with Crippen LogP contribution in [0.4, 0.5) is 8.78 Å². The SMILES string of the molecule is CNC(CCOc1ccccc1)c1cc(F)ccc1F. The number of halogens is 2. The lowest BCUT2D eigenvalue weighted by molar-refractivity contribution is 0.288. The van der Waals surface area contributed by atoms with Gasteiger partial charge in [0.2, 0.25) is 0 Å². The van der Waals surface area contributed by atoms with Gasteiger partial charge in [-0.3, -0.25) is 0 Å². The van der Waals surface area contributed by atoms with E-state index in [0.717, 1.165) is 17.9 Å². The highest BCUT2D eigenvalue weighted by Crippen LogP contribution is 2.21. The number of hydrogen-bond acceptors (Lipinski definition) is 2. The molecule has 0 aliphatic heterocycles. The molecule has 0 aromatic heterocycles. The van der Waals surface area contributed by atoms with Crippen LogP contribution in [0.25, 0.3) is 0 Å². The Bertz CT molecular complexity index is 545. The van der Waals surface area contributed by atoms with E-state index in [1.54, 1.807) is 7.05 Å². The molecule has 106 valence electrons. The second-order valence-electron chi connectivity index (χ2n) is 4.46. The van der Waals surface area contributed by atoms with Gasteiger partial charge in [0.05, 0.1) is 6.61 Å². The van der Waals surface area contributed by atoms with E-state index in [0.29, 0.717) is 18.6 Å². The van der Waals surface area contributed by atoms with E-state index in [1.807, 2.05) is 30.3 Å². The summed E-state index contributed by atoms with van der Waals surface area (Å²) in [6.07, 6.45) is 0.547. The fourth-order valence-electron chi connectivity index (χ4n) is 2.05. The van der Waals surface area contributed by atoms with Gasteiger partial charge in [-0.1, -0.05) is 18.2 Å². The van der Waals surface area contributed by atoms with Gasteiger partial charge in [0, 0.05) is 18.0 Å². The minimum absolute atomic E-state index is 0.283. The molecular formula is C16H17F2NO. The Labute approximate surface area is 117 Å². The zero-order chi connectivity index (χ0) is 14.4.